The lowest BCUT2D eigenvalue weighted by atomic mass is 9.76. The number of nitrogens with two attached hydrogens (primary N) is 1. The number of fused-ring (bicyclic) bond motifs is 4. The van der Waals surface area contributed by atoms with Crippen LogP contribution in [0.1, 0.15) is 38.8 Å². The average molecular weight is 342 g/mol. The van der Waals surface area contributed by atoms with Gasteiger partial charge in [-0.25, -0.2) is 0 Å². The molecule has 4 rings (SSSR count). The molecule has 6 nitrogen and oxygen atoms in total. The van der Waals surface area contributed by atoms with E-state index in [1.165, 1.54) is 4.90 Å². The molecule has 3 amide bonds. The Morgan fingerprint density at radius 1 is 1.16 bits per heavy atom. The Morgan fingerprint density at radius 2 is 1.84 bits per heavy atom. The molecular weight excluding hydrogens is 318 g/mol. The highest BCUT2D eigenvalue weighted by Gasteiger charge is 2.74. The molecule has 0 saturated carbocycles. The van der Waals surface area contributed by atoms with Gasteiger partial charge in [-0.3, -0.25) is 19.3 Å². The zero-order chi connectivity index (χ0) is 18.3. The number of aryl methyl sites for hydroxylation is 1. The first-order valence-electron chi connectivity index (χ1n) is 8.75. The zero-order valence-electron chi connectivity index (χ0n) is 15.2. The predicted octanol–water partition coefficient (Wildman–Crippen LogP) is 0.508. The van der Waals surface area contributed by atoms with Gasteiger partial charge in [0.2, 0.25) is 17.4 Å². The summed E-state index contributed by atoms with van der Waals surface area (Å²) in [5.74, 6) is -1.70. The predicted molar refractivity (Wildman–Crippen MR) is 91.5 cm³/mol. The van der Waals surface area contributed by atoms with Crippen LogP contribution in [0.15, 0.2) is 18.2 Å². The zero-order valence-corrected chi connectivity index (χ0v) is 15.2. The van der Waals surface area contributed by atoms with Crippen molar-refractivity contribution >= 4 is 23.4 Å². The third-order valence-electron chi connectivity index (χ3n) is 5.85. The number of likely N-dealkylation sites (tertiary alicyclic amines) is 1. The summed E-state index contributed by atoms with van der Waals surface area (Å²) in [4.78, 5) is 40.7. The summed E-state index contributed by atoms with van der Waals surface area (Å²) in [7, 11) is 0. The van der Waals surface area contributed by atoms with Gasteiger partial charge in [0.1, 0.15) is 11.8 Å². The van der Waals surface area contributed by atoms with E-state index in [2.05, 4.69) is 5.32 Å². The number of anilines is 1. The molecular formula is C19H24N3O3+. The lowest BCUT2D eigenvalue weighted by Crippen LogP contribution is -2.98. The molecule has 1 spiro atoms. The van der Waals surface area contributed by atoms with E-state index < -0.39 is 22.9 Å². The second kappa shape index (κ2) is 4.69. The van der Waals surface area contributed by atoms with Gasteiger partial charge in [-0.15, -0.1) is 0 Å². The molecule has 3 aliphatic heterocycles. The number of imide groups is 1. The highest BCUT2D eigenvalue weighted by Crippen LogP contribution is 2.50. The summed E-state index contributed by atoms with van der Waals surface area (Å²) in [5.41, 5.74) is 0.966. The fourth-order valence-electron chi connectivity index (χ4n) is 4.91. The van der Waals surface area contributed by atoms with Crippen molar-refractivity contribution in [3.05, 3.63) is 29.3 Å². The van der Waals surface area contributed by atoms with E-state index in [-0.39, 0.29) is 23.8 Å². The molecule has 0 bridgehead atoms. The molecule has 3 heterocycles. The average Bonchev–Trinajstić information content (AvgIpc) is 3.04. The number of hydrogen-bond acceptors (Lipinski definition) is 3. The van der Waals surface area contributed by atoms with Crippen molar-refractivity contribution in [2.45, 2.75) is 51.7 Å². The van der Waals surface area contributed by atoms with E-state index in [0.717, 1.165) is 16.8 Å². The van der Waals surface area contributed by atoms with Crippen LogP contribution in [-0.2, 0) is 19.9 Å². The van der Waals surface area contributed by atoms with E-state index in [9.17, 15) is 14.4 Å². The van der Waals surface area contributed by atoms with Crippen LogP contribution in [0.3, 0.4) is 0 Å². The Balaban J connectivity index is 1.92. The van der Waals surface area contributed by atoms with Crippen LogP contribution in [0.2, 0.25) is 0 Å². The van der Waals surface area contributed by atoms with Gasteiger partial charge in [0.25, 0.3) is 5.91 Å². The molecule has 2 saturated heterocycles. The Morgan fingerprint density at radius 3 is 2.48 bits per heavy atom. The Kier molecular flexibility index (Phi) is 3.06. The molecule has 0 aromatic heterocycles. The summed E-state index contributed by atoms with van der Waals surface area (Å²) in [6.07, 6.45) is 0. The number of hydrogen-bond donors (Lipinski definition) is 2. The summed E-state index contributed by atoms with van der Waals surface area (Å²) in [6.45, 7) is 9.48. The van der Waals surface area contributed by atoms with Crippen molar-refractivity contribution in [3.63, 3.8) is 0 Å². The molecule has 0 radical (unpaired) electrons. The molecule has 25 heavy (non-hydrogen) atoms. The fraction of sp³-hybridized carbons (Fsp3) is 0.526. The van der Waals surface area contributed by atoms with Gasteiger partial charge in [0.15, 0.2) is 0 Å². The highest BCUT2D eigenvalue weighted by molar-refractivity contribution is 6.14. The maximum atomic E-state index is 13.3. The maximum absolute atomic E-state index is 13.3. The SMILES string of the molecule is Cc1ccc2c(c1)[C@@]1([NH2+][C@H](C)[C@H]3C(=O)N(C(C)(C)C)C(=O)[C@H]31)C(=O)N2. The highest BCUT2D eigenvalue weighted by atomic mass is 16.2. The van der Waals surface area contributed by atoms with E-state index in [1.807, 2.05) is 58.1 Å². The lowest BCUT2D eigenvalue weighted by molar-refractivity contribution is -0.730. The van der Waals surface area contributed by atoms with Gasteiger partial charge in [-0.2, -0.15) is 0 Å². The first-order chi connectivity index (χ1) is 11.6. The number of quaternary nitrogens is 1. The smallest absolute Gasteiger partial charge is 0.291 e. The molecule has 6 heteroatoms. The minimum absolute atomic E-state index is 0.133. The minimum atomic E-state index is -1.04. The molecule has 0 aliphatic carbocycles. The first-order valence-corrected chi connectivity index (χ1v) is 8.75. The first kappa shape index (κ1) is 16.3. The molecule has 3 N–H and O–H groups in total. The van der Waals surface area contributed by atoms with E-state index in [4.69, 9.17) is 0 Å². The van der Waals surface area contributed by atoms with Crippen molar-refractivity contribution in [2.24, 2.45) is 11.8 Å². The van der Waals surface area contributed by atoms with Gasteiger partial charge in [0.05, 0.1) is 11.7 Å². The van der Waals surface area contributed by atoms with Gasteiger partial charge < -0.3 is 10.6 Å². The number of rotatable bonds is 0. The monoisotopic (exact) mass is 342 g/mol. The summed E-state index contributed by atoms with van der Waals surface area (Å²) in [6, 6.07) is 5.66. The van der Waals surface area contributed by atoms with Gasteiger partial charge in [-0.1, -0.05) is 11.6 Å². The van der Waals surface area contributed by atoms with E-state index >= 15 is 0 Å². The van der Waals surface area contributed by atoms with Crippen LogP contribution in [0.5, 0.6) is 0 Å². The van der Waals surface area contributed by atoms with Gasteiger partial charge >= 0.3 is 0 Å². The number of carbonyl (C=O) groups excluding carboxylic acids is 3. The van der Waals surface area contributed by atoms with Crippen molar-refractivity contribution in [1.29, 1.82) is 0 Å². The molecule has 4 atom stereocenters. The quantitative estimate of drug-likeness (QED) is 0.674. The van der Waals surface area contributed by atoms with Crippen LogP contribution < -0.4 is 10.6 Å². The van der Waals surface area contributed by atoms with Crippen LogP contribution in [0.25, 0.3) is 0 Å². The standard InChI is InChI=1S/C19H23N3O3/c1-9-6-7-12-11(8-9)19(17(25)20-12)14-13(10(2)21-19)15(23)22(16(14)24)18(3,4)5/h6-8,10,13-14,21H,1-5H3,(H,20,25)/p+1/t10-,13-,14+,19+/m1/s1. The summed E-state index contributed by atoms with van der Waals surface area (Å²) < 4.78 is 0. The van der Waals surface area contributed by atoms with Crippen molar-refractivity contribution in [3.8, 4) is 0 Å². The number of amides is 3. The molecule has 132 valence electrons. The third-order valence-corrected chi connectivity index (χ3v) is 5.85. The molecule has 2 fully saturated rings. The van der Waals surface area contributed by atoms with Gasteiger partial charge in [-0.05, 0) is 46.8 Å². The molecule has 1 aromatic carbocycles. The second-order valence-corrected chi connectivity index (χ2v) is 8.58. The van der Waals surface area contributed by atoms with Crippen molar-refractivity contribution in [1.82, 2.24) is 4.90 Å². The van der Waals surface area contributed by atoms with Crippen molar-refractivity contribution < 1.29 is 19.7 Å². The molecule has 3 aliphatic rings. The fourth-order valence-corrected chi connectivity index (χ4v) is 4.91. The largest absolute Gasteiger partial charge is 0.326 e. The number of carbonyl (C=O) groups is 3. The lowest BCUT2D eigenvalue weighted by Gasteiger charge is -2.33. The van der Waals surface area contributed by atoms with Crippen LogP contribution in [-0.4, -0.2) is 34.2 Å². The topological polar surface area (TPSA) is 83.1 Å². The third kappa shape index (κ3) is 1.86. The second-order valence-electron chi connectivity index (χ2n) is 8.58. The Labute approximate surface area is 147 Å². The van der Waals surface area contributed by atoms with Crippen LogP contribution >= 0.6 is 0 Å². The molecule has 1 aromatic rings. The number of nitrogens with zero attached hydrogens (tertiary/aromatic N) is 1. The summed E-state index contributed by atoms with van der Waals surface area (Å²) in [5, 5.41) is 4.86. The Bertz CT molecular complexity index is 826. The normalized spacial score (nSPS) is 33.9. The van der Waals surface area contributed by atoms with E-state index in [1.54, 1.807) is 0 Å². The maximum Gasteiger partial charge on any atom is 0.291 e. The number of benzene rings is 1. The van der Waals surface area contributed by atoms with E-state index in [0.29, 0.717) is 0 Å². The van der Waals surface area contributed by atoms with Crippen LogP contribution in [0.4, 0.5) is 5.69 Å². The van der Waals surface area contributed by atoms with Crippen molar-refractivity contribution in [2.75, 3.05) is 5.32 Å². The summed E-state index contributed by atoms with van der Waals surface area (Å²) >= 11 is 0. The Hall–Kier alpha value is -2.21. The minimum Gasteiger partial charge on any atom is -0.326 e. The molecule has 0 unspecified atom stereocenters. The number of nitrogens with one attached hydrogen (secondary N) is 1. The van der Waals surface area contributed by atoms with Gasteiger partial charge in [0, 0.05) is 11.1 Å². The van der Waals surface area contributed by atoms with Crippen LogP contribution in [0, 0.1) is 18.8 Å².